The van der Waals surface area contributed by atoms with Crippen LogP contribution in [0.1, 0.15) is 6.92 Å². The van der Waals surface area contributed by atoms with E-state index in [1.807, 2.05) is 4.72 Å². The molecule has 0 aliphatic carbocycles. The molecule has 0 aliphatic rings. The SMILES string of the molecule is CCNS(N)(=O)=O.Cl. The minimum Gasteiger partial charge on any atom is -0.216 e. The molecule has 0 fully saturated rings. The molecular formula is C2H9ClN2O2S. The van der Waals surface area contributed by atoms with Gasteiger partial charge in [0.05, 0.1) is 0 Å². The van der Waals surface area contributed by atoms with Crippen LogP contribution in [0.15, 0.2) is 0 Å². The number of nitrogens with one attached hydrogen (secondary N) is 1. The lowest BCUT2D eigenvalue weighted by atomic mass is 10.8. The maximum atomic E-state index is 9.90. The minimum atomic E-state index is -3.42. The molecule has 0 aliphatic heterocycles. The van der Waals surface area contributed by atoms with E-state index in [0.717, 1.165) is 0 Å². The Bertz CT molecular complexity index is 131. The fraction of sp³-hybridized carbons (Fsp3) is 1.00. The van der Waals surface area contributed by atoms with Gasteiger partial charge in [0.15, 0.2) is 0 Å². The zero-order valence-corrected chi connectivity index (χ0v) is 6.05. The largest absolute Gasteiger partial charge is 0.274 e. The molecule has 0 radical (unpaired) electrons. The monoisotopic (exact) mass is 160 g/mol. The lowest BCUT2D eigenvalue weighted by Gasteiger charge is -1.91. The fourth-order valence-corrected chi connectivity index (χ4v) is 0.604. The maximum absolute atomic E-state index is 9.90. The Hall–Kier alpha value is 0.160. The van der Waals surface area contributed by atoms with E-state index in [1.165, 1.54) is 0 Å². The summed E-state index contributed by atoms with van der Waals surface area (Å²) < 4.78 is 21.8. The standard InChI is InChI=1S/C2H8N2O2S.ClH/c1-2-4-7(3,5)6;/h4H,2H2,1H3,(H2,3,5,6);1H. The predicted octanol–water partition coefficient (Wildman–Crippen LogP) is -0.779. The Morgan fingerprint density at radius 2 is 2.00 bits per heavy atom. The molecule has 0 aromatic carbocycles. The third-order valence-electron chi connectivity index (χ3n) is 0.346. The second-order valence-corrected chi connectivity index (χ2v) is 2.42. The molecule has 0 saturated heterocycles. The summed E-state index contributed by atoms with van der Waals surface area (Å²) in [6, 6.07) is 0. The van der Waals surface area contributed by atoms with E-state index in [-0.39, 0.29) is 12.4 Å². The summed E-state index contributed by atoms with van der Waals surface area (Å²) in [6.45, 7) is 2.00. The van der Waals surface area contributed by atoms with E-state index < -0.39 is 10.2 Å². The number of hydrogen-bond donors (Lipinski definition) is 2. The molecule has 0 unspecified atom stereocenters. The minimum absolute atomic E-state index is 0. The summed E-state index contributed by atoms with van der Waals surface area (Å²) >= 11 is 0. The molecule has 52 valence electrons. The summed E-state index contributed by atoms with van der Waals surface area (Å²) in [5, 5.41) is 4.51. The van der Waals surface area contributed by atoms with E-state index >= 15 is 0 Å². The van der Waals surface area contributed by atoms with Gasteiger partial charge in [0, 0.05) is 6.54 Å². The lowest BCUT2D eigenvalue weighted by molar-refractivity contribution is 0.585. The highest BCUT2D eigenvalue weighted by Crippen LogP contribution is 1.60. The van der Waals surface area contributed by atoms with E-state index in [4.69, 9.17) is 0 Å². The van der Waals surface area contributed by atoms with Crippen LogP contribution in [0, 0.1) is 0 Å². The van der Waals surface area contributed by atoms with Crippen LogP contribution >= 0.6 is 12.4 Å². The molecule has 0 spiro atoms. The smallest absolute Gasteiger partial charge is 0.216 e. The summed E-state index contributed by atoms with van der Waals surface area (Å²) in [6.07, 6.45) is 0. The Balaban J connectivity index is 0. The van der Waals surface area contributed by atoms with Gasteiger partial charge >= 0.3 is 0 Å². The Morgan fingerprint density at radius 3 is 2.00 bits per heavy atom. The zero-order valence-electron chi connectivity index (χ0n) is 4.42. The van der Waals surface area contributed by atoms with E-state index in [2.05, 4.69) is 5.14 Å². The Labute approximate surface area is 55.0 Å². The van der Waals surface area contributed by atoms with Crippen molar-refractivity contribution in [3.63, 3.8) is 0 Å². The molecule has 6 heteroatoms. The highest BCUT2D eigenvalue weighted by molar-refractivity contribution is 7.87. The third kappa shape index (κ3) is 9.48. The molecule has 4 nitrogen and oxygen atoms in total. The van der Waals surface area contributed by atoms with Crippen molar-refractivity contribution in [2.24, 2.45) is 5.14 Å². The van der Waals surface area contributed by atoms with Gasteiger partial charge in [-0.2, -0.15) is 8.42 Å². The van der Waals surface area contributed by atoms with Crippen LogP contribution in [0.3, 0.4) is 0 Å². The number of halogens is 1. The second-order valence-electron chi connectivity index (χ2n) is 1.04. The van der Waals surface area contributed by atoms with Gasteiger partial charge in [-0.25, -0.2) is 9.86 Å². The van der Waals surface area contributed by atoms with Crippen molar-refractivity contribution in [1.82, 2.24) is 4.72 Å². The van der Waals surface area contributed by atoms with Gasteiger partial charge in [0.1, 0.15) is 0 Å². The topological polar surface area (TPSA) is 72.2 Å². The van der Waals surface area contributed by atoms with Gasteiger partial charge in [-0.3, -0.25) is 0 Å². The van der Waals surface area contributed by atoms with Crippen molar-refractivity contribution in [2.75, 3.05) is 6.54 Å². The molecule has 0 heterocycles. The first-order chi connectivity index (χ1) is 3.06. The van der Waals surface area contributed by atoms with E-state index in [1.54, 1.807) is 6.92 Å². The van der Waals surface area contributed by atoms with Crippen LogP contribution in [0.25, 0.3) is 0 Å². The molecular weight excluding hydrogens is 152 g/mol. The molecule has 0 aromatic heterocycles. The van der Waals surface area contributed by atoms with Crippen molar-refractivity contribution in [2.45, 2.75) is 6.92 Å². The van der Waals surface area contributed by atoms with Crippen LogP contribution < -0.4 is 9.86 Å². The first-order valence-electron chi connectivity index (χ1n) is 1.83. The van der Waals surface area contributed by atoms with Crippen LogP contribution in [0.4, 0.5) is 0 Å². The highest BCUT2D eigenvalue weighted by atomic mass is 35.5. The number of hydrogen-bond acceptors (Lipinski definition) is 2. The first-order valence-corrected chi connectivity index (χ1v) is 3.38. The average molecular weight is 161 g/mol. The van der Waals surface area contributed by atoms with Gasteiger partial charge in [-0.1, -0.05) is 6.92 Å². The summed E-state index contributed by atoms with van der Waals surface area (Å²) in [5.74, 6) is 0. The van der Waals surface area contributed by atoms with E-state index in [9.17, 15) is 8.42 Å². The summed E-state index contributed by atoms with van der Waals surface area (Å²) in [5.41, 5.74) is 0. The molecule has 0 saturated carbocycles. The molecule has 3 N–H and O–H groups in total. The molecule has 0 bridgehead atoms. The van der Waals surface area contributed by atoms with Gasteiger partial charge in [-0.05, 0) is 0 Å². The average Bonchev–Trinajstić information content (AvgIpc) is 1.30. The Morgan fingerprint density at radius 1 is 1.62 bits per heavy atom. The zero-order chi connectivity index (χ0) is 5.91. The van der Waals surface area contributed by atoms with Gasteiger partial charge in [0.25, 0.3) is 10.2 Å². The van der Waals surface area contributed by atoms with Crippen molar-refractivity contribution in [3.05, 3.63) is 0 Å². The molecule has 0 aromatic rings. The van der Waals surface area contributed by atoms with Crippen molar-refractivity contribution < 1.29 is 8.42 Å². The van der Waals surface area contributed by atoms with Crippen LogP contribution in [0.5, 0.6) is 0 Å². The lowest BCUT2D eigenvalue weighted by Crippen LogP contribution is -2.30. The molecule has 8 heavy (non-hydrogen) atoms. The van der Waals surface area contributed by atoms with Crippen LogP contribution in [-0.4, -0.2) is 15.0 Å². The third-order valence-corrected chi connectivity index (χ3v) is 1.04. The summed E-state index contributed by atoms with van der Waals surface area (Å²) in [7, 11) is -3.42. The first kappa shape index (κ1) is 11.0. The van der Waals surface area contributed by atoms with Crippen LogP contribution in [0.2, 0.25) is 0 Å². The van der Waals surface area contributed by atoms with Crippen molar-refractivity contribution in [3.8, 4) is 0 Å². The van der Waals surface area contributed by atoms with Gasteiger partial charge in [-0.15, -0.1) is 12.4 Å². The highest BCUT2D eigenvalue weighted by Gasteiger charge is 1.92. The predicted molar refractivity (Wildman–Crippen MR) is 34.0 cm³/mol. The van der Waals surface area contributed by atoms with Gasteiger partial charge in [0.2, 0.25) is 0 Å². The van der Waals surface area contributed by atoms with Gasteiger partial charge < -0.3 is 0 Å². The Kier molecular flexibility index (Phi) is 5.62. The van der Waals surface area contributed by atoms with Crippen molar-refractivity contribution >= 4 is 22.6 Å². The molecule has 0 amide bonds. The quantitative estimate of drug-likeness (QED) is 0.557. The van der Waals surface area contributed by atoms with Crippen molar-refractivity contribution in [1.29, 1.82) is 0 Å². The van der Waals surface area contributed by atoms with Crippen LogP contribution in [-0.2, 0) is 10.2 Å². The number of rotatable bonds is 2. The number of nitrogens with two attached hydrogens (primary N) is 1. The fourth-order valence-electron chi connectivity index (χ4n) is 0.201. The van der Waals surface area contributed by atoms with E-state index in [0.29, 0.717) is 6.54 Å². The summed E-state index contributed by atoms with van der Waals surface area (Å²) in [4.78, 5) is 0. The normalized spacial score (nSPS) is 10.2. The molecule has 0 atom stereocenters. The maximum Gasteiger partial charge on any atom is 0.274 e. The molecule has 0 rings (SSSR count). The second kappa shape index (κ2) is 4.08.